The lowest BCUT2D eigenvalue weighted by atomic mass is 9.96. The summed E-state index contributed by atoms with van der Waals surface area (Å²) < 4.78 is 0. The highest BCUT2D eigenvalue weighted by Gasteiger charge is 2.32. The molecule has 0 aromatic heterocycles. The van der Waals surface area contributed by atoms with E-state index in [1.165, 1.54) is 4.90 Å². The summed E-state index contributed by atoms with van der Waals surface area (Å²) in [6, 6.07) is 3.81. The van der Waals surface area contributed by atoms with Crippen LogP contribution in [0.2, 0.25) is 0 Å². The van der Waals surface area contributed by atoms with Gasteiger partial charge in [-0.1, -0.05) is 6.92 Å². The van der Waals surface area contributed by atoms with E-state index >= 15 is 0 Å². The van der Waals surface area contributed by atoms with Crippen molar-refractivity contribution in [3.63, 3.8) is 0 Å². The maximum atomic E-state index is 11.9. The monoisotopic (exact) mass is 206 g/mol. The Hall–Kier alpha value is -1.59. The summed E-state index contributed by atoms with van der Waals surface area (Å²) in [4.78, 5) is 13.2. The predicted molar refractivity (Wildman–Crippen MR) is 53.3 cm³/mol. The first-order valence-electron chi connectivity index (χ1n) is 4.94. The molecule has 1 heterocycles. The summed E-state index contributed by atoms with van der Waals surface area (Å²) in [5, 5.41) is 20.2. The first-order valence-corrected chi connectivity index (χ1v) is 4.94. The third-order valence-corrected chi connectivity index (χ3v) is 2.67. The Morgan fingerprint density at radius 2 is 2.00 bits per heavy atom. The van der Waals surface area contributed by atoms with Crippen molar-refractivity contribution >= 4 is 5.91 Å². The zero-order valence-corrected chi connectivity index (χ0v) is 8.73. The van der Waals surface area contributed by atoms with Crippen LogP contribution in [0.25, 0.3) is 0 Å². The van der Waals surface area contributed by atoms with Crippen LogP contribution < -0.4 is 5.32 Å². The van der Waals surface area contributed by atoms with Crippen molar-refractivity contribution < 1.29 is 4.79 Å². The van der Waals surface area contributed by atoms with Gasteiger partial charge in [0.05, 0.1) is 18.1 Å². The lowest BCUT2D eigenvalue weighted by molar-refractivity contribution is -0.134. The first kappa shape index (κ1) is 11.5. The number of carbonyl (C=O) groups excluding carboxylic acids is 1. The molecule has 0 spiro atoms. The van der Waals surface area contributed by atoms with Crippen molar-refractivity contribution in [1.29, 1.82) is 10.5 Å². The molecule has 0 saturated carbocycles. The fourth-order valence-electron chi connectivity index (χ4n) is 1.76. The minimum Gasteiger partial charge on any atom is -0.316 e. The van der Waals surface area contributed by atoms with Gasteiger partial charge in [-0.25, -0.2) is 0 Å². The molecule has 0 aliphatic carbocycles. The molecule has 1 aliphatic rings. The highest BCUT2D eigenvalue weighted by Crippen LogP contribution is 2.18. The fourth-order valence-corrected chi connectivity index (χ4v) is 1.76. The predicted octanol–water partition coefficient (Wildman–Crippen LogP) is -0.282. The van der Waals surface area contributed by atoms with E-state index in [2.05, 4.69) is 5.32 Å². The topological polar surface area (TPSA) is 79.9 Å². The van der Waals surface area contributed by atoms with E-state index in [0.29, 0.717) is 6.54 Å². The fraction of sp³-hybridized carbons (Fsp3) is 0.700. The van der Waals surface area contributed by atoms with Crippen LogP contribution in [0.1, 0.15) is 6.92 Å². The molecular weight excluding hydrogens is 192 g/mol. The van der Waals surface area contributed by atoms with Gasteiger partial charge in [-0.05, 0) is 12.5 Å². The molecule has 1 rings (SSSR count). The van der Waals surface area contributed by atoms with Gasteiger partial charge in [-0.15, -0.1) is 0 Å². The van der Waals surface area contributed by atoms with Crippen molar-refractivity contribution in [1.82, 2.24) is 10.2 Å². The number of nitrogens with one attached hydrogen (secondary N) is 1. The number of rotatable bonds is 3. The summed E-state index contributed by atoms with van der Waals surface area (Å²) in [7, 11) is 0. The molecule has 0 radical (unpaired) electrons. The molecule has 80 valence electrons. The van der Waals surface area contributed by atoms with Crippen LogP contribution >= 0.6 is 0 Å². The van der Waals surface area contributed by atoms with Crippen LogP contribution in [0.3, 0.4) is 0 Å². The summed E-state index contributed by atoms with van der Waals surface area (Å²) in [6.45, 7) is 3.46. The van der Waals surface area contributed by atoms with E-state index in [4.69, 9.17) is 10.5 Å². The van der Waals surface area contributed by atoms with Crippen LogP contribution in [0.15, 0.2) is 0 Å². The van der Waals surface area contributed by atoms with Crippen molar-refractivity contribution in [3.05, 3.63) is 0 Å². The number of nitriles is 2. The summed E-state index contributed by atoms with van der Waals surface area (Å²) in [5.41, 5.74) is 0. The van der Waals surface area contributed by atoms with Gasteiger partial charge in [0.25, 0.3) is 0 Å². The van der Waals surface area contributed by atoms with Crippen LogP contribution in [-0.4, -0.2) is 37.0 Å². The summed E-state index contributed by atoms with van der Waals surface area (Å²) >= 11 is 0. The smallest absolute Gasteiger partial charge is 0.228 e. The van der Waals surface area contributed by atoms with Gasteiger partial charge in [0.2, 0.25) is 5.91 Å². The molecule has 1 fully saturated rings. The van der Waals surface area contributed by atoms with Crippen molar-refractivity contribution in [2.24, 2.45) is 11.8 Å². The standard InChI is InChI=1S/C10H14N4O/c1-8-6-13-7-9(8)10(15)14(4-2-11)5-3-12/h8-9,13H,4-7H2,1H3. The highest BCUT2D eigenvalue weighted by atomic mass is 16.2. The first-order chi connectivity index (χ1) is 7.20. The van der Waals surface area contributed by atoms with Gasteiger partial charge in [-0.3, -0.25) is 4.79 Å². The average Bonchev–Trinajstić information content (AvgIpc) is 2.63. The molecule has 1 saturated heterocycles. The minimum absolute atomic E-state index is 0.00435. The van der Waals surface area contributed by atoms with Crippen molar-refractivity contribution in [2.45, 2.75) is 6.92 Å². The molecule has 1 aliphatic heterocycles. The lowest BCUT2D eigenvalue weighted by Crippen LogP contribution is -2.39. The van der Waals surface area contributed by atoms with Crippen molar-refractivity contribution in [3.8, 4) is 12.1 Å². The number of nitrogens with zero attached hydrogens (tertiary/aromatic N) is 3. The Labute approximate surface area is 89.3 Å². The molecule has 1 amide bonds. The Kier molecular flexibility index (Phi) is 4.08. The largest absolute Gasteiger partial charge is 0.316 e. The molecule has 5 nitrogen and oxygen atoms in total. The van der Waals surface area contributed by atoms with Gasteiger partial charge >= 0.3 is 0 Å². The van der Waals surface area contributed by atoms with Crippen LogP contribution in [0.4, 0.5) is 0 Å². The molecule has 2 unspecified atom stereocenters. The van der Waals surface area contributed by atoms with E-state index < -0.39 is 0 Å². The lowest BCUT2D eigenvalue weighted by Gasteiger charge is -2.21. The second kappa shape index (κ2) is 5.33. The van der Waals surface area contributed by atoms with E-state index in [0.717, 1.165) is 6.54 Å². The van der Waals surface area contributed by atoms with E-state index in [1.54, 1.807) is 0 Å². The number of carbonyl (C=O) groups is 1. The zero-order valence-electron chi connectivity index (χ0n) is 8.73. The summed E-state index contributed by atoms with van der Waals surface area (Å²) in [5.74, 6) is 0.0969. The zero-order chi connectivity index (χ0) is 11.3. The third-order valence-electron chi connectivity index (χ3n) is 2.67. The molecule has 0 aromatic carbocycles. The molecule has 5 heteroatoms. The molecule has 0 aromatic rings. The minimum atomic E-state index is -0.0910. The second-order valence-corrected chi connectivity index (χ2v) is 3.75. The molecular formula is C10H14N4O. The van der Waals surface area contributed by atoms with Gasteiger partial charge < -0.3 is 10.2 Å². The quantitative estimate of drug-likeness (QED) is 0.644. The molecule has 1 N–H and O–H groups in total. The highest BCUT2D eigenvalue weighted by molar-refractivity contribution is 5.80. The van der Waals surface area contributed by atoms with Crippen LogP contribution in [0, 0.1) is 34.5 Å². The SMILES string of the molecule is CC1CNCC1C(=O)N(CC#N)CC#N. The Balaban J connectivity index is 2.64. The number of hydrogen-bond donors (Lipinski definition) is 1. The van der Waals surface area contributed by atoms with Crippen LogP contribution in [-0.2, 0) is 4.79 Å². The van der Waals surface area contributed by atoms with Gasteiger partial charge in [0.15, 0.2) is 0 Å². The number of hydrogen-bond acceptors (Lipinski definition) is 4. The van der Waals surface area contributed by atoms with Gasteiger partial charge in [0.1, 0.15) is 13.1 Å². The van der Waals surface area contributed by atoms with E-state index in [-0.39, 0.29) is 30.8 Å². The molecule has 2 atom stereocenters. The third kappa shape index (κ3) is 2.68. The Morgan fingerprint density at radius 1 is 1.40 bits per heavy atom. The maximum Gasteiger partial charge on any atom is 0.228 e. The normalized spacial score (nSPS) is 24.2. The summed E-state index contributed by atoms with van der Waals surface area (Å²) in [6.07, 6.45) is 0. The Bertz CT molecular complexity index is 298. The maximum absolute atomic E-state index is 11.9. The van der Waals surface area contributed by atoms with E-state index in [9.17, 15) is 4.79 Å². The van der Waals surface area contributed by atoms with Gasteiger partial charge in [0, 0.05) is 6.54 Å². The van der Waals surface area contributed by atoms with E-state index in [1.807, 2.05) is 19.1 Å². The molecule has 15 heavy (non-hydrogen) atoms. The second-order valence-electron chi connectivity index (χ2n) is 3.75. The number of amides is 1. The van der Waals surface area contributed by atoms with Crippen LogP contribution in [0.5, 0.6) is 0 Å². The average molecular weight is 206 g/mol. The van der Waals surface area contributed by atoms with Crippen molar-refractivity contribution in [2.75, 3.05) is 26.2 Å². The molecule has 0 bridgehead atoms. The van der Waals surface area contributed by atoms with Gasteiger partial charge in [-0.2, -0.15) is 10.5 Å². The Morgan fingerprint density at radius 3 is 2.40 bits per heavy atom.